The highest BCUT2D eigenvalue weighted by Gasteiger charge is 2.03. The van der Waals surface area contributed by atoms with Gasteiger partial charge in [-0.05, 0) is 42.9 Å². The molecule has 0 aliphatic rings. The molecule has 0 heterocycles. The SMILES string of the molecule is Cc1cc(CN=C(N)NCCC(C)C)cc(C)c1O. The molecule has 1 aromatic rings. The molecule has 19 heavy (non-hydrogen) atoms. The van der Waals surface area contributed by atoms with Gasteiger partial charge in [-0.3, -0.25) is 0 Å². The topological polar surface area (TPSA) is 70.6 Å². The van der Waals surface area contributed by atoms with E-state index in [4.69, 9.17) is 5.73 Å². The number of nitrogens with zero attached hydrogens (tertiary/aromatic N) is 1. The Balaban J connectivity index is 2.55. The fourth-order valence-electron chi connectivity index (χ4n) is 1.86. The van der Waals surface area contributed by atoms with Crippen LogP contribution in [0, 0.1) is 19.8 Å². The van der Waals surface area contributed by atoms with E-state index in [9.17, 15) is 5.11 Å². The smallest absolute Gasteiger partial charge is 0.188 e. The molecule has 0 saturated carbocycles. The molecule has 0 spiro atoms. The summed E-state index contributed by atoms with van der Waals surface area (Å²) < 4.78 is 0. The molecule has 0 aliphatic carbocycles. The van der Waals surface area contributed by atoms with Gasteiger partial charge in [0.25, 0.3) is 0 Å². The molecule has 0 unspecified atom stereocenters. The van der Waals surface area contributed by atoms with Crippen molar-refractivity contribution in [1.82, 2.24) is 5.32 Å². The highest BCUT2D eigenvalue weighted by molar-refractivity contribution is 5.77. The molecule has 0 aliphatic heterocycles. The Bertz CT molecular complexity index is 430. The Hall–Kier alpha value is -1.71. The highest BCUT2D eigenvalue weighted by Crippen LogP contribution is 2.23. The van der Waals surface area contributed by atoms with Crippen LogP contribution < -0.4 is 11.1 Å². The number of nitrogens with two attached hydrogens (primary N) is 1. The van der Waals surface area contributed by atoms with Gasteiger partial charge in [0.2, 0.25) is 0 Å². The molecule has 0 bridgehead atoms. The van der Waals surface area contributed by atoms with E-state index in [-0.39, 0.29) is 0 Å². The van der Waals surface area contributed by atoms with Gasteiger partial charge in [0.15, 0.2) is 5.96 Å². The minimum atomic E-state index is 0.357. The number of guanidine groups is 1. The van der Waals surface area contributed by atoms with E-state index >= 15 is 0 Å². The number of nitrogens with one attached hydrogen (secondary N) is 1. The summed E-state index contributed by atoms with van der Waals surface area (Å²) in [6.07, 6.45) is 1.08. The van der Waals surface area contributed by atoms with Crippen molar-refractivity contribution in [3.63, 3.8) is 0 Å². The van der Waals surface area contributed by atoms with E-state index in [0.717, 1.165) is 29.7 Å². The van der Waals surface area contributed by atoms with Crippen molar-refractivity contribution in [2.24, 2.45) is 16.6 Å². The highest BCUT2D eigenvalue weighted by atomic mass is 16.3. The van der Waals surface area contributed by atoms with Crippen LogP contribution in [-0.4, -0.2) is 17.6 Å². The molecule has 4 nitrogen and oxygen atoms in total. The van der Waals surface area contributed by atoms with Gasteiger partial charge in [0, 0.05) is 6.54 Å². The Morgan fingerprint density at radius 3 is 2.42 bits per heavy atom. The number of rotatable bonds is 5. The van der Waals surface area contributed by atoms with E-state index in [1.54, 1.807) is 0 Å². The standard InChI is InChI=1S/C15H25N3O/c1-10(2)5-6-17-15(16)18-9-13-7-11(3)14(19)12(4)8-13/h7-8,10,19H,5-6,9H2,1-4H3,(H3,16,17,18). The minimum Gasteiger partial charge on any atom is -0.507 e. The van der Waals surface area contributed by atoms with E-state index in [1.807, 2.05) is 26.0 Å². The zero-order chi connectivity index (χ0) is 14.4. The molecular weight excluding hydrogens is 238 g/mol. The Kier molecular flexibility index (Phi) is 5.67. The maximum absolute atomic E-state index is 9.70. The fraction of sp³-hybridized carbons (Fsp3) is 0.533. The number of hydrogen-bond acceptors (Lipinski definition) is 2. The van der Waals surface area contributed by atoms with Crippen LogP contribution in [0.5, 0.6) is 5.75 Å². The molecule has 0 saturated heterocycles. The van der Waals surface area contributed by atoms with Gasteiger partial charge in [-0.1, -0.05) is 26.0 Å². The first-order valence-electron chi connectivity index (χ1n) is 6.73. The second kappa shape index (κ2) is 7.02. The monoisotopic (exact) mass is 263 g/mol. The summed E-state index contributed by atoms with van der Waals surface area (Å²) in [5, 5.41) is 12.8. The first-order chi connectivity index (χ1) is 8.90. The molecule has 0 fully saturated rings. The van der Waals surface area contributed by atoms with Gasteiger partial charge in [-0.15, -0.1) is 0 Å². The molecule has 0 amide bonds. The van der Waals surface area contributed by atoms with E-state index in [2.05, 4.69) is 24.2 Å². The summed E-state index contributed by atoms with van der Waals surface area (Å²) in [6, 6.07) is 3.88. The van der Waals surface area contributed by atoms with Crippen LogP contribution in [0.2, 0.25) is 0 Å². The lowest BCUT2D eigenvalue weighted by Crippen LogP contribution is -2.32. The molecule has 0 aromatic heterocycles. The number of hydrogen-bond donors (Lipinski definition) is 3. The largest absolute Gasteiger partial charge is 0.507 e. The Morgan fingerprint density at radius 1 is 1.32 bits per heavy atom. The van der Waals surface area contributed by atoms with Crippen LogP contribution in [0.3, 0.4) is 0 Å². The number of benzene rings is 1. The lowest BCUT2D eigenvalue weighted by atomic mass is 10.1. The maximum Gasteiger partial charge on any atom is 0.188 e. The third kappa shape index (κ3) is 5.20. The van der Waals surface area contributed by atoms with Gasteiger partial charge in [0.05, 0.1) is 6.54 Å². The van der Waals surface area contributed by atoms with Crippen molar-refractivity contribution < 1.29 is 5.11 Å². The van der Waals surface area contributed by atoms with E-state index < -0.39 is 0 Å². The average Bonchev–Trinajstić information content (AvgIpc) is 2.32. The predicted octanol–water partition coefficient (Wildman–Crippen LogP) is 2.46. The number of aliphatic imine (C=N–C) groups is 1. The summed E-state index contributed by atoms with van der Waals surface area (Å²) in [7, 11) is 0. The van der Waals surface area contributed by atoms with Crippen LogP contribution in [0.4, 0.5) is 0 Å². The Morgan fingerprint density at radius 2 is 1.89 bits per heavy atom. The van der Waals surface area contributed by atoms with Gasteiger partial charge in [-0.25, -0.2) is 4.99 Å². The van der Waals surface area contributed by atoms with Gasteiger partial charge < -0.3 is 16.2 Å². The quantitative estimate of drug-likeness (QED) is 0.564. The normalized spacial score (nSPS) is 11.9. The fourth-order valence-corrected chi connectivity index (χ4v) is 1.86. The van der Waals surface area contributed by atoms with Crippen LogP contribution in [-0.2, 0) is 6.54 Å². The first kappa shape index (κ1) is 15.3. The zero-order valence-corrected chi connectivity index (χ0v) is 12.3. The average molecular weight is 263 g/mol. The summed E-state index contributed by atoms with van der Waals surface area (Å²) in [5.41, 5.74) is 8.60. The summed E-state index contributed by atoms with van der Waals surface area (Å²) in [5.74, 6) is 1.49. The van der Waals surface area contributed by atoms with Crippen molar-refractivity contribution in [1.29, 1.82) is 0 Å². The molecule has 0 atom stereocenters. The molecule has 4 N–H and O–H groups in total. The maximum atomic E-state index is 9.70. The summed E-state index contributed by atoms with van der Waals surface area (Å²) in [4.78, 5) is 4.30. The third-order valence-corrected chi connectivity index (χ3v) is 3.01. The third-order valence-electron chi connectivity index (χ3n) is 3.01. The lowest BCUT2D eigenvalue weighted by molar-refractivity contribution is 0.466. The lowest BCUT2D eigenvalue weighted by Gasteiger charge is -2.09. The molecule has 106 valence electrons. The molecule has 1 aromatic carbocycles. The van der Waals surface area contributed by atoms with Crippen molar-refractivity contribution >= 4 is 5.96 Å². The summed E-state index contributed by atoms with van der Waals surface area (Å²) >= 11 is 0. The van der Waals surface area contributed by atoms with Gasteiger partial charge in [-0.2, -0.15) is 0 Å². The van der Waals surface area contributed by atoms with Crippen molar-refractivity contribution in [2.45, 2.75) is 40.7 Å². The summed E-state index contributed by atoms with van der Waals surface area (Å²) in [6.45, 7) is 9.51. The second-order valence-electron chi connectivity index (χ2n) is 5.39. The van der Waals surface area contributed by atoms with Crippen LogP contribution >= 0.6 is 0 Å². The van der Waals surface area contributed by atoms with Crippen molar-refractivity contribution in [2.75, 3.05) is 6.54 Å². The molecule has 4 heteroatoms. The Labute approximate surface area is 115 Å². The number of aryl methyl sites for hydroxylation is 2. The minimum absolute atomic E-state index is 0.357. The second-order valence-corrected chi connectivity index (χ2v) is 5.39. The zero-order valence-electron chi connectivity index (χ0n) is 12.3. The van der Waals surface area contributed by atoms with Crippen molar-refractivity contribution in [3.8, 4) is 5.75 Å². The number of phenols is 1. The van der Waals surface area contributed by atoms with E-state index in [0.29, 0.717) is 24.2 Å². The van der Waals surface area contributed by atoms with Crippen molar-refractivity contribution in [3.05, 3.63) is 28.8 Å². The van der Waals surface area contributed by atoms with Gasteiger partial charge in [0.1, 0.15) is 5.75 Å². The van der Waals surface area contributed by atoms with Crippen LogP contribution in [0.25, 0.3) is 0 Å². The number of phenolic OH excluding ortho intramolecular Hbond substituents is 1. The molecule has 0 radical (unpaired) electrons. The number of aromatic hydroxyl groups is 1. The molecule has 1 rings (SSSR count). The van der Waals surface area contributed by atoms with Crippen LogP contribution in [0.15, 0.2) is 17.1 Å². The molecular formula is C15H25N3O. The first-order valence-corrected chi connectivity index (χ1v) is 6.73. The van der Waals surface area contributed by atoms with Crippen LogP contribution in [0.1, 0.15) is 37.0 Å². The van der Waals surface area contributed by atoms with Gasteiger partial charge >= 0.3 is 0 Å². The van der Waals surface area contributed by atoms with E-state index in [1.165, 1.54) is 0 Å². The predicted molar refractivity (Wildman–Crippen MR) is 80.4 cm³/mol.